The number of ether oxygens (including phenoxy) is 1. The molecule has 0 aliphatic carbocycles. The average molecular weight is 1260 g/mol. The van der Waals surface area contributed by atoms with E-state index in [1.165, 1.54) is 33.4 Å². The number of esters is 1. The van der Waals surface area contributed by atoms with Crippen molar-refractivity contribution in [1.29, 1.82) is 0 Å². The largest absolute Gasteiger partial charge is 1.00 e. The van der Waals surface area contributed by atoms with Gasteiger partial charge in [-0.25, -0.2) is 17.6 Å². The minimum atomic E-state index is -1.16. The zero-order valence-corrected chi connectivity index (χ0v) is 56.6. The summed E-state index contributed by atoms with van der Waals surface area (Å²) in [5.41, 5.74) is 9.64. The number of nitrogens with zero attached hydrogens (tertiary/aromatic N) is 4. The van der Waals surface area contributed by atoms with Crippen LogP contribution in [0, 0.1) is 90.5 Å². The maximum Gasteiger partial charge on any atom is 1.00 e. The normalized spacial score (nSPS) is 12.6. The molecule has 4 atom stereocenters. The third kappa shape index (κ3) is 21.9. The second kappa shape index (κ2) is 35.9. The third-order valence-corrected chi connectivity index (χ3v) is 16.3. The quantitative estimate of drug-likeness (QED) is 0.0163. The number of hydrogen-bond acceptors (Lipinski definition) is 11. The molecule has 0 saturated heterocycles. The van der Waals surface area contributed by atoms with Crippen LogP contribution in [0.15, 0.2) is 82.6 Å². The number of carbonyl (C=O) groups excluding carboxylic acids is 3. The molecule has 0 spiro atoms. The topological polar surface area (TPSA) is 192 Å². The number of rotatable bonds is 27. The second-order valence-electron chi connectivity index (χ2n) is 25.4. The molecule has 0 amide bonds. The van der Waals surface area contributed by atoms with Crippen LogP contribution < -0.4 is 35.2 Å². The summed E-state index contributed by atoms with van der Waals surface area (Å²) in [5.74, 6) is -5.71. The van der Waals surface area contributed by atoms with Crippen LogP contribution in [-0.4, -0.2) is 101 Å². The number of aryl methyl sites for hydroxylation is 8. The van der Waals surface area contributed by atoms with Crippen molar-refractivity contribution in [1.82, 2.24) is 18.9 Å². The molecule has 2 unspecified atom stereocenters. The van der Waals surface area contributed by atoms with Gasteiger partial charge >= 0.3 is 30.8 Å². The molecule has 490 valence electrons. The summed E-state index contributed by atoms with van der Waals surface area (Å²) in [7, 11) is 7.89. The third-order valence-electron chi connectivity index (χ3n) is 16.3. The summed E-state index contributed by atoms with van der Waals surface area (Å²) in [6, 6.07) is 13.8. The Morgan fingerprint density at radius 3 is 1.16 bits per heavy atom. The zero-order valence-electron chi connectivity index (χ0n) is 56.6. The number of ketones is 2. The van der Waals surface area contributed by atoms with Gasteiger partial charge in [-0.3, -0.25) is 28.8 Å². The summed E-state index contributed by atoms with van der Waals surface area (Å²) in [4.78, 5) is 83.7. The van der Waals surface area contributed by atoms with Crippen molar-refractivity contribution >= 4 is 23.5 Å². The molecule has 14 nitrogen and oxygen atoms in total. The molecule has 4 aromatic carbocycles. The summed E-state index contributed by atoms with van der Waals surface area (Å²) < 4.78 is 68.1. The summed E-state index contributed by atoms with van der Waals surface area (Å²) >= 11 is 0. The first kappa shape index (κ1) is 78.5. The number of aromatic nitrogens is 2. The first-order chi connectivity index (χ1) is 42.2. The van der Waals surface area contributed by atoms with E-state index in [9.17, 15) is 42.7 Å². The molecule has 0 aliphatic heterocycles. The predicted molar refractivity (Wildman–Crippen MR) is 345 cm³/mol. The van der Waals surface area contributed by atoms with Crippen LogP contribution in [-0.2, 0) is 36.8 Å². The molecule has 2 N–H and O–H groups in total. The fraction of sp³-hybridized carbons (Fsp3) is 0.472. The van der Waals surface area contributed by atoms with Crippen LogP contribution in [0.5, 0.6) is 0 Å². The van der Waals surface area contributed by atoms with Crippen LogP contribution in [0.4, 0.5) is 17.6 Å². The van der Waals surface area contributed by atoms with Crippen LogP contribution in [0.25, 0.3) is 22.3 Å². The Hall–Kier alpha value is -6.78. The van der Waals surface area contributed by atoms with E-state index in [1.54, 1.807) is 97.3 Å². The van der Waals surface area contributed by atoms with Crippen LogP contribution in [0.3, 0.4) is 0 Å². The number of carboxylic acid groups (broad SMARTS) is 1. The number of Topliss-reactive ketones (excluding diaryl/α,β-unsaturated/α-hetero) is 2. The van der Waals surface area contributed by atoms with E-state index in [4.69, 9.17) is 15.3 Å². The van der Waals surface area contributed by atoms with Crippen molar-refractivity contribution in [2.24, 2.45) is 11.8 Å². The van der Waals surface area contributed by atoms with Gasteiger partial charge in [0.1, 0.15) is 23.3 Å². The number of carbonyl (C=O) groups is 4. The number of aliphatic carboxylic acids is 1. The number of hydrogen-bond donors (Lipinski definition) is 2. The van der Waals surface area contributed by atoms with E-state index in [2.05, 4.69) is 4.90 Å². The smallest absolute Gasteiger partial charge is 0.727 e. The second-order valence-corrected chi connectivity index (χ2v) is 25.4. The van der Waals surface area contributed by atoms with Gasteiger partial charge in [-0.15, -0.1) is 0 Å². The number of likely N-dealkylation sites (N-methyl/N-ethyl adjacent to an activating group) is 2. The van der Waals surface area contributed by atoms with E-state index >= 15 is 8.78 Å². The number of pyridine rings is 2. The Bertz CT molecular complexity index is 3590. The first-order valence-electron chi connectivity index (χ1n) is 30.7. The number of benzene rings is 4. The Labute approximate surface area is 546 Å². The van der Waals surface area contributed by atoms with Gasteiger partial charge in [-0.2, -0.15) is 0 Å². The van der Waals surface area contributed by atoms with E-state index in [0.29, 0.717) is 70.2 Å². The van der Waals surface area contributed by atoms with Crippen molar-refractivity contribution in [2.75, 3.05) is 47.9 Å². The Balaban J connectivity index is 0.000000458. The zero-order chi connectivity index (χ0) is 67.8. The fourth-order valence-electron chi connectivity index (χ4n) is 11.9. The van der Waals surface area contributed by atoms with Gasteiger partial charge in [-0.1, -0.05) is 27.7 Å². The van der Waals surface area contributed by atoms with Gasteiger partial charge in [-0.05, 0) is 266 Å². The van der Waals surface area contributed by atoms with Crippen LogP contribution >= 0.6 is 0 Å². The van der Waals surface area contributed by atoms with E-state index in [1.807, 2.05) is 74.6 Å². The van der Waals surface area contributed by atoms with Gasteiger partial charge < -0.3 is 39.3 Å². The van der Waals surface area contributed by atoms with Crippen molar-refractivity contribution in [3.8, 4) is 22.3 Å². The van der Waals surface area contributed by atoms with Gasteiger partial charge in [0.25, 0.3) is 11.1 Å². The first-order valence-corrected chi connectivity index (χ1v) is 30.7. The minimum absolute atomic E-state index is 0. The SMILES string of the molecule is CCOC(=O)C[C@H](CC(=O)C(CC(C)C)n1cc(CCN(C)C)c(C)cc1=O)c1cc(-c2c(C)cc(F)cc2C)cc(C)c1F.Cc1cc(=O)n(C(CC(C)C)C(=O)C[C@@H](CC(=O)O)c2cc(-c3c(C)cc(F)cc3C)cc(C)c2F)cc1CCN(C)C.[Li+].[O-]O. The number of halogens is 4. The minimum Gasteiger partial charge on any atom is -0.727 e. The molecule has 6 rings (SSSR count). The molecule has 91 heavy (non-hydrogen) atoms. The summed E-state index contributed by atoms with van der Waals surface area (Å²) in [6.45, 7) is 25.4. The van der Waals surface area contributed by atoms with Crippen LogP contribution in [0.1, 0.15) is 164 Å². The molecular weight excluding hydrogens is 1160 g/mol. The standard InChI is InChI=1S/C37H48F2N2O4.C35H44F2N2O4.Li.H2O2/c1-10-45-35(44)20-28(31-18-29(14-26(7)37(31)39)36-24(5)15-30(38)16-25(36)6)19-33(42)32(13-22(2)3)41-21-27(11-12-40(8)9)23(4)17-34(41)43;1-20(2)11-30(39-19-25(9-10-38(7)8)21(3)15-32(39)41)31(40)17-26(18-33(42)43)29-16-27(12-24(6)35(29)37)34-22(4)13-28(36)14-23(34)5;;1-2/h14-18,21-22,28,32H,10-13,19-20H2,1-9H3;12-16,19-20,26,30H,9-11,17-18H2,1-8H3,(H,42,43);;1-2H/q;;+1;/p-1/t28-,32?;26-,30?;;/m00../s1. The van der Waals surface area contributed by atoms with E-state index in [-0.39, 0.29) is 102 Å². The van der Waals surface area contributed by atoms with Crippen molar-refractivity contribution in [3.05, 3.63) is 184 Å². The summed E-state index contributed by atoms with van der Waals surface area (Å²) in [6.07, 6.45) is 4.67. The van der Waals surface area contributed by atoms with Crippen molar-refractivity contribution in [2.45, 2.75) is 165 Å². The molecule has 2 aromatic heterocycles. The van der Waals surface area contributed by atoms with E-state index < -0.39 is 53.9 Å². The molecule has 19 heteroatoms. The van der Waals surface area contributed by atoms with Crippen molar-refractivity contribution < 1.29 is 76.0 Å². The van der Waals surface area contributed by atoms with Gasteiger partial charge in [0.05, 0.1) is 31.5 Å². The van der Waals surface area contributed by atoms with Gasteiger partial charge in [0.2, 0.25) is 0 Å². The van der Waals surface area contributed by atoms with Crippen LogP contribution in [0.2, 0.25) is 0 Å². The molecule has 0 fully saturated rings. The predicted octanol–water partition coefficient (Wildman–Crippen LogP) is 10.2. The monoisotopic (exact) mass is 1260 g/mol. The molecular formula is C72H93F4LiN4O10. The molecule has 0 aliphatic rings. The average Bonchev–Trinajstić information content (AvgIpc) is 0.890. The summed E-state index contributed by atoms with van der Waals surface area (Å²) in [5, 5.41) is 22.8. The molecule has 0 bridgehead atoms. The number of carboxylic acids is 1. The fourth-order valence-corrected chi connectivity index (χ4v) is 11.9. The molecule has 2 heterocycles. The molecule has 0 saturated carbocycles. The van der Waals surface area contributed by atoms with Crippen molar-refractivity contribution in [3.63, 3.8) is 0 Å². The Morgan fingerprint density at radius 2 is 0.857 bits per heavy atom. The Kier molecular flexibility index (Phi) is 30.9. The van der Waals surface area contributed by atoms with Gasteiger partial charge in [0.15, 0.2) is 11.6 Å². The van der Waals surface area contributed by atoms with E-state index in [0.717, 1.165) is 46.5 Å². The maximum atomic E-state index is 16.0. The Morgan fingerprint density at radius 1 is 0.516 bits per heavy atom. The molecule has 6 aromatic rings. The van der Waals surface area contributed by atoms with Gasteiger partial charge in [0, 0.05) is 62.3 Å². The molecule has 0 radical (unpaired) electrons. The maximum absolute atomic E-state index is 16.0.